The molecule has 0 fully saturated rings. The van der Waals surface area contributed by atoms with E-state index in [0.717, 1.165) is 11.1 Å². The van der Waals surface area contributed by atoms with Gasteiger partial charge in [-0.2, -0.15) is 5.26 Å². The van der Waals surface area contributed by atoms with Gasteiger partial charge in [-0.1, -0.05) is 35.9 Å². The molecule has 22 heavy (non-hydrogen) atoms. The quantitative estimate of drug-likeness (QED) is 0.920. The molecule has 0 bridgehead atoms. The molecule has 1 amide bonds. The minimum absolute atomic E-state index is 0.308. The van der Waals surface area contributed by atoms with E-state index >= 15 is 0 Å². The van der Waals surface area contributed by atoms with Crippen molar-refractivity contribution in [1.82, 2.24) is 0 Å². The molecule has 0 radical (unpaired) electrons. The van der Waals surface area contributed by atoms with Gasteiger partial charge < -0.3 is 10.1 Å². The van der Waals surface area contributed by atoms with Gasteiger partial charge >= 0.3 is 0 Å². The summed E-state index contributed by atoms with van der Waals surface area (Å²) >= 11 is 0. The van der Waals surface area contributed by atoms with Crippen molar-refractivity contribution in [3.8, 4) is 11.8 Å². The molecule has 0 aliphatic carbocycles. The third-order valence-electron chi connectivity index (χ3n) is 3.41. The van der Waals surface area contributed by atoms with Crippen molar-refractivity contribution in [1.29, 1.82) is 5.26 Å². The predicted molar refractivity (Wildman–Crippen MR) is 85.6 cm³/mol. The van der Waals surface area contributed by atoms with Crippen LogP contribution in [0.25, 0.3) is 0 Å². The molecule has 0 saturated carbocycles. The van der Waals surface area contributed by atoms with Crippen LogP contribution in [-0.4, -0.2) is 13.0 Å². The Morgan fingerprint density at radius 3 is 2.55 bits per heavy atom. The van der Waals surface area contributed by atoms with E-state index in [9.17, 15) is 10.1 Å². The predicted octanol–water partition coefficient (Wildman–Crippen LogP) is 3.32. The maximum atomic E-state index is 12.3. The van der Waals surface area contributed by atoms with Gasteiger partial charge in [0.2, 0.25) is 5.91 Å². The van der Waals surface area contributed by atoms with Gasteiger partial charge in [0.15, 0.2) is 0 Å². The fourth-order valence-corrected chi connectivity index (χ4v) is 2.15. The van der Waals surface area contributed by atoms with E-state index in [0.29, 0.717) is 17.9 Å². The van der Waals surface area contributed by atoms with E-state index in [-0.39, 0.29) is 5.91 Å². The maximum absolute atomic E-state index is 12.3. The standard InChI is InChI=1S/C18H18N2O2/c1-13-7-9-16(10-8-13)20-18(21)15(12-19)11-14-5-3-4-6-17(14)22-2/h3-10,15H,11H2,1-2H3,(H,20,21). The number of nitriles is 1. The zero-order chi connectivity index (χ0) is 15.9. The first-order valence-corrected chi connectivity index (χ1v) is 7.03. The molecule has 0 aromatic heterocycles. The van der Waals surface area contributed by atoms with Gasteiger partial charge in [0.05, 0.1) is 13.2 Å². The van der Waals surface area contributed by atoms with E-state index in [4.69, 9.17) is 4.74 Å². The number of nitrogens with zero attached hydrogens (tertiary/aromatic N) is 1. The highest BCUT2D eigenvalue weighted by Crippen LogP contribution is 2.21. The third kappa shape index (κ3) is 3.86. The molecule has 0 spiro atoms. The first-order chi connectivity index (χ1) is 10.6. The number of anilines is 1. The number of carbonyl (C=O) groups is 1. The van der Waals surface area contributed by atoms with Crippen LogP contribution >= 0.6 is 0 Å². The summed E-state index contributed by atoms with van der Waals surface area (Å²) in [6.45, 7) is 1.98. The Morgan fingerprint density at radius 1 is 1.23 bits per heavy atom. The summed E-state index contributed by atoms with van der Waals surface area (Å²) in [6, 6.07) is 16.9. The lowest BCUT2D eigenvalue weighted by molar-refractivity contribution is -0.118. The number of methoxy groups -OCH3 is 1. The molecule has 0 heterocycles. The smallest absolute Gasteiger partial charge is 0.242 e. The zero-order valence-corrected chi connectivity index (χ0v) is 12.7. The van der Waals surface area contributed by atoms with E-state index in [1.807, 2.05) is 55.5 Å². The van der Waals surface area contributed by atoms with Crippen molar-refractivity contribution < 1.29 is 9.53 Å². The molecule has 0 aliphatic heterocycles. The van der Waals surface area contributed by atoms with Crippen molar-refractivity contribution in [2.24, 2.45) is 5.92 Å². The Labute approximate surface area is 130 Å². The van der Waals surface area contributed by atoms with Crippen LogP contribution in [0.3, 0.4) is 0 Å². The molecular weight excluding hydrogens is 276 g/mol. The Kier molecular flexibility index (Phi) is 5.16. The molecule has 2 rings (SSSR count). The molecular formula is C18H18N2O2. The molecule has 1 N–H and O–H groups in total. The Morgan fingerprint density at radius 2 is 1.91 bits per heavy atom. The van der Waals surface area contributed by atoms with Crippen molar-refractivity contribution in [2.75, 3.05) is 12.4 Å². The highest BCUT2D eigenvalue weighted by Gasteiger charge is 2.20. The largest absolute Gasteiger partial charge is 0.496 e. The minimum atomic E-state index is -0.766. The topological polar surface area (TPSA) is 62.1 Å². The van der Waals surface area contributed by atoms with E-state index < -0.39 is 5.92 Å². The van der Waals surface area contributed by atoms with Crippen LogP contribution in [0.4, 0.5) is 5.69 Å². The Hall–Kier alpha value is -2.80. The zero-order valence-electron chi connectivity index (χ0n) is 12.7. The summed E-state index contributed by atoms with van der Waals surface area (Å²) in [6.07, 6.45) is 0.318. The maximum Gasteiger partial charge on any atom is 0.242 e. The van der Waals surface area contributed by atoms with Crippen molar-refractivity contribution in [2.45, 2.75) is 13.3 Å². The average molecular weight is 294 g/mol. The number of ether oxygens (including phenoxy) is 1. The lowest BCUT2D eigenvalue weighted by Crippen LogP contribution is -2.23. The van der Waals surface area contributed by atoms with Crippen molar-refractivity contribution in [3.63, 3.8) is 0 Å². The molecule has 0 saturated heterocycles. The Bertz CT molecular complexity index is 687. The summed E-state index contributed by atoms with van der Waals surface area (Å²) in [5, 5.41) is 12.1. The molecule has 2 aromatic rings. The van der Waals surface area contributed by atoms with Gasteiger partial charge in [0, 0.05) is 12.1 Å². The molecule has 112 valence electrons. The number of nitrogens with one attached hydrogen (secondary N) is 1. The lowest BCUT2D eigenvalue weighted by atomic mass is 9.99. The van der Waals surface area contributed by atoms with Crippen LogP contribution in [0.15, 0.2) is 48.5 Å². The molecule has 4 nitrogen and oxygen atoms in total. The molecule has 2 aromatic carbocycles. The average Bonchev–Trinajstić information content (AvgIpc) is 2.55. The molecule has 1 atom stereocenters. The molecule has 1 unspecified atom stereocenters. The first kappa shape index (κ1) is 15.6. The van der Waals surface area contributed by atoms with E-state index in [1.54, 1.807) is 7.11 Å². The van der Waals surface area contributed by atoms with Gasteiger partial charge in [-0.05, 0) is 30.7 Å². The number of hydrogen-bond acceptors (Lipinski definition) is 3. The summed E-state index contributed by atoms with van der Waals surface area (Å²) < 4.78 is 5.26. The highest BCUT2D eigenvalue weighted by molar-refractivity contribution is 5.94. The first-order valence-electron chi connectivity index (χ1n) is 7.03. The van der Waals surface area contributed by atoms with Crippen LogP contribution in [0, 0.1) is 24.2 Å². The number of aryl methyl sites for hydroxylation is 1. The van der Waals surface area contributed by atoms with Crippen LogP contribution in [0.1, 0.15) is 11.1 Å². The highest BCUT2D eigenvalue weighted by atomic mass is 16.5. The monoisotopic (exact) mass is 294 g/mol. The number of para-hydroxylation sites is 1. The van der Waals surface area contributed by atoms with Gasteiger partial charge in [0.25, 0.3) is 0 Å². The van der Waals surface area contributed by atoms with Crippen LogP contribution in [0.2, 0.25) is 0 Å². The van der Waals surface area contributed by atoms with Gasteiger partial charge in [-0.25, -0.2) is 0 Å². The van der Waals surface area contributed by atoms with Crippen LogP contribution < -0.4 is 10.1 Å². The second-order valence-electron chi connectivity index (χ2n) is 5.05. The summed E-state index contributed by atoms with van der Waals surface area (Å²) in [5.74, 6) is -0.388. The fraction of sp³-hybridized carbons (Fsp3) is 0.222. The summed E-state index contributed by atoms with van der Waals surface area (Å²) in [5.41, 5.74) is 2.65. The normalized spacial score (nSPS) is 11.3. The summed E-state index contributed by atoms with van der Waals surface area (Å²) in [4.78, 5) is 12.3. The fourth-order valence-electron chi connectivity index (χ4n) is 2.15. The number of benzene rings is 2. The minimum Gasteiger partial charge on any atom is -0.496 e. The van der Waals surface area contributed by atoms with Crippen LogP contribution in [0.5, 0.6) is 5.75 Å². The summed E-state index contributed by atoms with van der Waals surface area (Å²) in [7, 11) is 1.58. The number of rotatable bonds is 5. The van der Waals surface area contributed by atoms with Crippen LogP contribution in [-0.2, 0) is 11.2 Å². The Balaban J connectivity index is 2.09. The van der Waals surface area contributed by atoms with Gasteiger partial charge in [0.1, 0.15) is 11.7 Å². The molecule has 0 aliphatic rings. The van der Waals surface area contributed by atoms with E-state index in [1.165, 1.54) is 0 Å². The number of carbonyl (C=O) groups excluding carboxylic acids is 1. The lowest BCUT2D eigenvalue weighted by Gasteiger charge is -2.13. The number of amides is 1. The molecule has 4 heteroatoms. The SMILES string of the molecule is COc1ccccc1CC(C#N)C(=O)Nc1ccc(C)cc1. The number of hydrogen-bond donors (Lipinski definition) is 1. The van der Waals surface area contributed by atoms with Gasteiger partial charge in [-0.3, -0.25) is 4.79 Å². The third-order valence-corrected chi connectivity index (χ3v) is 3.41. The van der Waals surface area contributed by atoms with Gasteiger partial charge in [-0.15, -0.1) is 0 Å². The van der Waals surface area contributed by atoms with Crippen molar-refractivity contribution in [3.05, 3.63) is 59.7 Å². The second kappa shape index (κ2) is 7.28. The van der Waals surface area contributed by atoms with E-state index in [2.05, 4.69) is 11.4 Å². The van der Waals surface area contributed by atoms with Crippen molar-refractivity contribution >= 4 is 11.6 Å². The second-order valence-corrected chi connectivity index (χ2v) is 5.05.